The van der Waals surface area contributed by atoms with Gasteiger partial charge in [0.05, 0.1) is 18.8 Å². The van der Waals surface area contributed by atoms with Crippen LogP contribution in [0, 0.1) is 6.92 Å². The number of hydrogen-bond acceptors (Lipinski definition) is 7. The van der Waals surface area contributed by atoms with E-state index in [4.69, 9.17) is 4.42 Å². The van der Waals surface area contributed by atoms with Crippen molar-refractivity contribution in [2.45, 2.75) is 38.9 Å². The lowest BCUT2D eigenvalue weighted by Gasteiger charge is -2.26. The molecule has 24 heavy (non-hydrogen) atoms. The van der Waals surface area contributed by atoms with Crippen molar-refractivity contribution < 1.29 is 9.21 Å². The van der Waals surface area contributed by atoms with Gasteiger partial charge in [-0.3, -0.25) is 14.6 Å². The molecule has 8 heteroatoms. The molecule has 0 saturated carbocycles. The first-order chi connectivity index (χ1) is 11.5. The molecule has 0 bridgehead atoms. The van der Waals surface area contributed by atoms with Crippen molar-refractivity contribution in [1.29, 1.82) is 0 Å². The number of nitrogens with zero attached hydrogens (tertiary/aromatic N) is 4. The molecule has 2 aromatic heterocycles. The van der Waals surface area contributed by atoms with Crippen LogP contribution in [0.1, 0.15) is 25.0 Å². The number of rotatable bonds is 6. The molecule has 0 aliphatic carbocycles. The van der Waals surface area contributed by atoms with Crippen LogP contribution in [0.25, 0.3) is 0 Å². The highest BCUT2D eigenvalue weighted by Crippen LogP contribution is 2.20. The maximum absolute atomic E-state index is 12.3. The highest BCUT2D eigenvalue weighted by Gasteiger charge is 2.32. The van der Waals surface area contributed by atoms with Gasteiger partial charge in [-0.05, 0) is 27.3 Å². The monoisotopic (exact) mass is 349 g/mol. The number of thiazole rings is 1. The maximum Gasteiger partial charge on any atom is 0.243 e. The van der Waals surface area contributed by atoms with Crippen molar-refractivity contribution >= 4 is 22.4 Å². The molecule has 130 valence electrons. The number of oxazole rings is 1. The highest BCUT2D eigenvalue weighted by atomic mass is 32.1. The molecule has 3 rings (SSSR count). The van der Waals surface area contributed by atoms with Crippen molar-refractivity contribution in [3.8, 4) is 0 Å². The van der Waals surface area contributed by atoms with Crippen LogP contribution in [0.15, 0.2) is 22.2 Å². The minimum atomic E-state index is -0.170. The molecule has 0 aromatic carbocycles. The van der Waals surface area contributed by atoms with Gasteiger partial charge in [-0.2, -0.15) is 0 Å². The van der Waals surface area contributed by atoms with Gasteiger partial charge in [-0.1, -0.05) is 0 Å². The van der Waals surface area contributed by atoms with E-state index in [9.17, 15) is 4.79 Å². The quantitative estimate of drug-likeness (QED) is 0.859. The van der Waals surface area contributed by atoms with Crippen molar-refractivity contribution in [2.24, 2.45) is 0 Å². The molecule has 0 spiro atoms. The van der Waals surface area contributed by atoms with E-state index in [0.29, 0.717) is 17.7 Å². The average molecular weight is 349 g/mol. The molecule has 1 aliphatic heterocycles. The number of aryl methyl sites for hydroxylation is 1. The average Bonchev–Trinajstić information content (AvgIpc) is 3.28. The number of anilines is 1. The van der Waals surface area contributed by atoms with Gasteiger partial charge >= 0.3 is 0 Å². The highest BCUT2D eigenvalue weighted by molar-refractivity contribution is 7.13. The van der Waals surface area contributed by atoms with Gasteiger partial charge in [0.2, 0.25) is 11.8 Å². The van der Waals surface area contributed by atoms with Crippen molar-refractivity contribution in [3.05, 3.63) is 29.4 Å². The van der Waals surface area contributed by atoms with E-state index in [-0.39, 0.29) is 11.9 Å². The summed E-state index contributed by atoms with van der Waals surface area (Å²) in [5.74, 6) is 1.57. The van der Waals surface area contributed by atoms with Crippen LogP contribution < -0.4 is 5.32 Å². The molecule has 1 fully saturated rings. The predicted octanol–water partition coefficient (Wildman–Crippen LogP) is 1.97. The van der Waals surface area contributed by atoms with E-state index >= 15 is 0 Å². The predicted molar refractivity (Wildman–Crippen MR) is 92.9 cm³/mol. The van der Waals surface area contributed by atoms with Gasteiger partial charge in [0.1, 0.15) is 5.76 Å². The summed E-state index contributed by atoms with van der Waals surface area (Å²) in [7, 11) is 2.08. The Kier molecular flexibility index (Phi) is 5.27. The van der Waals surface area contributed by atoms with Crippen molar-refractivity contribution in [3.63, 3.8) is 0 Å². The molecule has 2 aromatic rings. The number of amides is 1. The maximum atomic E-state index is 12.3. The van der Waals surface area contributed by atoms with E-state index in [1.165, 1.54) is 11.3 Å². The van der Waals surface area contributed by atoms with E-state index in [0.717, 1.165) is 31.2 Å². The van der Waals surface area contributed by atoms with E-state index in [1.54, 1.807) is 12.4 Å². The number of aromatic nitrogens is 2. The van der Waals surface area contributed by atoms with Crippen LogP contribution in [-0.4, -0.2) is 57.9 Å². The number of nitrogens with one attached hydrogen (secondary N) is 1. The lowest BCUT2D eigenvalue weighted by Crippen LogP contribution is -2.42. The first-order valence-electron chi connectivity index (χ1n) is 8.09. The van der Waals surface area contributed by atoms with E-state index in [1.807, 2.05) is 19.2 Å². The van der Waals surface area contributed by atoms with Crippen LogP contribution >= 0.6 is 11.3 Å². The number of hydrogen-bond donors (Lipinski definition) is 1. The minimum absolute atomic E-state index is 0.00317. The molecule has 3 heterocycles. The molecule has 7 nitrogen and oxygen atoms in total. The molecule has 1 saturated heterocycles. The van der Waals surface area contributed by atoms with Crippen LogP contribution in [0.3, 0.4) is 0 Å². The fourth-order valence-corrected chi connectivity index (χ4v) is 3.49. The Bertz CT molecular complexity index is 672. The lowest BCUT2D eigenvalue weighted by atomic mass is 10.2. The first-order valence-corrected chi connectivity index (χ1v) is 8.97. The van der Waals surface area contributed by atoms with Crippen molar-refractivity contribution in [2.75, 3.05) is 25.5 Å². The van der Waals surface area contributed by atoms with E-state index < -0.39 is 0 Å². The zero-order chi connectivity index (χ0) is 17.1. The van der Waals surface area contributed by atoms with Crippen molar-refractivity contribution in [1.82, 2.24) is 19.8 Å². The normalized spacial score (nSPS) is 19.8. The van der Waals surface area contributed by atoms with Crippen LogP contribution in [0.2, 0.25) is 0 Å². The zero-order valence-corrected chi connectivity index (χ0v) is 15.0. The van der Waals surface area contributed by atoms with Crippen LogP contribution in [-0.2, 0) is 11.3 Å². The van der Waals surface area contributed by atoms with Crippen LogP contribution in [0.5, 0.6) is 0 Å². The number of likely N-dealkylation sites (N-methyl/N-ethyl adjacent to an activating group) is 1. The lowest BCUT2D eigenvalue weighted by molar-refractivity contribution is -0.120. The van der Waals surface area contributed by atoms with Gasteiger partial charge in [0.25, 0.3) is 0 Å². The van der Waals surface area contributed by atoms with Gasteiger partial charge in [-0.25, -0.2) is 9.97 Å². The molecule has 1 N–H and O–H groups in total. The molecule has 2 atom stereocenters. The Morgan fingerprint density at radius 2 is 2.42 bits per heavy atom. The second-order valence-corrected chi connectivity index (χ2v) is 7.11. The Morgan fingerprint density at radius 3 is 3.08 bits per heavy atom. The summed E-state index contributed by atoms with van der Waals surface area (Å²) in [6.07, 6.45) is 4.47. The SMILES string of the molecule is Cc1cnc(CN(C)C2CCN(C(C)C(=O)Nc3nccs3)C2)o1. The molecule has 1 aliphatic rings. The number of carbonyl (C=O) groups is 1. The summed E-state index contributed by atoms with van der Waals surface area (Å²) in [6, 6.07) is 0.226. The van der Waals surface area contributed by atoms with Crippen LogP contribution in [0.4, 0.5) is 5.13 Å². The summed E-state index contributed by atoms with van der Waals surface area (Å²) >= 11 is 1.43. The minimum Gasteiger partial charge on any atom is -0.445 e. The molecular formula is C16H23N5O2S. The summed E-state index contributed by atoms with van der Waals surface area (Å²) in [4.78, 5) is 25.2. The second kappa shape index (κ2) is 7.42. The molecule has 2 unspecified atom stereocenters. The molecular weight excluding hydrogens is 326 g/mol. The third-order valence-electron chi connectivity index (χ3n) is 4.46. The Labute approximate surface area is 145 Å². The fraction of sp³-hybridized carbons (Fsp3) is 0.562. The second-order valence-electron chi connectivity index (χ2n) is 6.22. The van der Waals surface area contributed by atoms with Gasteiger partial charge < -0.3 is 9.73 Å². The summed E-state index contributed by atoms with van der Waals surface area (Å²) < 4.78 is 5.55. The van der Waals surface area contributed by atoms with Gasteiger partial charge in [0, 0.05) is 30.7 Å². The summed E-state index contributed by atoms with van der Waals surface area (Å²) in [6.45, 7) is 6.31. The third kappa shape index (κ3) is 4.00. The zero-order valence-electron chi connectivity index (χ0n) is 14.2. The molecule has 0 radical (unpaired) electrons. The topological polar surface area (TPSA) is 74.5 Å². The Hall–Kier alpha value is -1.77. The first kappa shape index (κ1) is 17.1. The Morgan fingerprint density at radius 1 is 1.58 bits per heavy atom. The summed E-state index contributed by atoms with van der Waals surface area (Å²) in [5, 5.41) is 5.38. The fourth-order valence-electron chi connectivity index (χ4n) is 2.96. The standard InChI is InChI=1S/C16H23N5O2S/c1-11-8-18-14(23-11)10-20(3)13-4-6-21(9-13)12(2)15(22)19-16-17-5-7-24-16/h5,7-8,12-13H,4,6,9-10H2,1-3H3,(H,17,19,22). The molecule has 1 amide bonds. The van der Waals surface area contributed by atoms with Gasteiger partial charge in [0.15, 0.2) is 5.13 Å². The Balaban J connectivity index is 1.51. The van der Waals surface area contributed by atoms with Gasteiger partial charge in [-0.15, -0.1) is 11.3 Å². The number of likely N-dealkylation sites (tertiary alicyclic amines) is 1. The number of carbonyl (C=O) groups excluding carboxylic acids is 1. The largest absolute Gasteiger partial charge is 0.445 e. The smallest absolute Gasteiger partial charge is 0.243 e. The third-order valence-corrected chi connectivity index (χ3v) is 5.15. The van der Waals surface area contributed by atoms with E-state index in [2.05, 4.69) is 32.1 Å². The summed E-state index contributed by atoms with van der Waals surface area (Å²) in [5.41, 5.74) is 0.